The van der Waals surface area contributed by atoms with Crippen LogP contribution in [0.4, 0.5) is 0 Å². The maximum absolute atomic E-state index is 10.8. The molecular formula is C8H15NO2. The Labute approximate surface area is 67.1 Å². The molecule has 0 spiro atoms. The summed E-state index contributed by atoms with van der Waals surface area (Å²) in [5.74, 6) is -0.268. The summed E-state index contributed by atoms with van der Waals surface area (Å²) in [5, 5.41) is 11.8. The molecule has 0 aliphatic rings. The molecule has 0 saturated carbocycles. The van der Waals surface area contributed by atoms with Crippen LogP contribution in [0.25, 0.3) is 0 Å². The Hall–Kier alpha value is -0.830. The first-order valence-corrected chi connectivity index (χ1v) is 3.53. The van der Waals surface area contributed by atoms with Crippen molar-refractivity contribution in [2.24, 2.45) is 0 Å². The van der Waals surface area contributed by atoms with E-state index in [1.807, 2.05) is 0 Å². The normalized spacial score (nSPS) is 13.8. The predicted molar refractivity (Wildman–Crippen MR) is 44.1 cm³/mol. The number of rotatable bonds is 3. The molecular weight excluding hydrogens is 142 g/mol. The van der Waals surface area contributed by atoms with Gasteiger partial charge in [-0.1, -0.05) is 6.58 Å². The molecule has 0 aromatic carbocycles. The van der Waals surface area contributed by atoms with Crippen LogP contribution in [0.2, 0.25) is 0 Å². The van der Waals surface area contributed by atoms with Crippen molar-refractivity contribution < 1.29 is 9.90 Å². The molecule has 0 bridgehead atoms. The fraction of sp³-hybridized carbons (Fsp3) is 0.625. The average Bonchev–Trinajstić information content (AvgIpc) is 1.86. The molecule has 1 atom stereocenters. The zero-order valence-corrected chi connectivity index (χ0v) is 7.22. The Morgan fingerprint density at radius 3 is 2.45 bits per heavy atom. The Morgan fingerprint density at radius 1 is 1.73 bits per heavy atom. The molecule has 0 aromatic heterocycles. The van der Waals surface area contributed by atoms with Crippen LogP contribution in [0.3, 0.4) is 0 Å². The summed E-state index contributed by atoms with van der Waals surface area (Å²) in [6, 6.07) is 0. The molecule has 0 aromatic rings. The highest BCUT2D eigenvalue weighted by Crippen LogP contribution is 2.07. The quantitative estimate of drug-likeness (QED) is 0.584. The summed E-state index contributed by atoms with van der Waals surface area (Å²) >= 11 is 0. The summed E-state index contributed by atoms with van der Waals surface area (Å²) in [7, 11) is 0. The van der Waals surface area contributed by atoms with E-state index in [4.69, 9.17) is 0 Å². The molecule has 1 amide bonds. The van der Waals surface area contributed by atoms with Gasteiger partial charge < -0.3 is 10.4 Å². The lowest BCUT2D eigenvalue weighted by atomic mass is 9.99. The summed E-state index contributed by atoms with van der Waals surface area (Å²) in [6.07, 6.45) is 0.607. The molecule has 0 saturated heterocycles. The third kappa shape index (κ3) is 3.18. The summed E-state index contributed by atoms with van der Waals surface area (Å²) in [5.41, 5.74) is -0.592. The minimum absolute atomic E-state index is 0.268. The lowest BCUT2D eigenvalue weighted by Crippen LogP contribution is -2.50. The predicted octanol–water partition coefficient (Wildman–Crippen LogP) is 0.448. The molecule has 2 N–H and O–H groups in total. The molecule has 3 nitrogen and oxygen atoms in total. The number of carbonyl (C=O) groups is 1. The van der Waals surface area contributed by atoms with E-state index in [0.717, 1.165) is 0 Å². The van der Waals surface area contributed by atoms with Crippen LogP contribution in [0.15, 0.2) is 12.7 Å². The Kier molecular flexibility index (Phi) is 3.26. The van der Waals surface area contributed by atoms with Gasteiger partial charge in [0.15, 0.2) is 0 Å². The minimum atomic E-state index is -0.592. The van der Waals surface area contributed by atoms with Crippen molar-refractivity contribution in [3.05, 3.63) is 12.7 Å². The third-order valence-electron chi connectivity index (χ3n) is 1.68. The number of nitrogens with one attached hydrogen (secondary N) is 1. The van der Waals surface area contributed by atoms with Crippen LogP contribution in [0.1, 0.15) is 20.8 Å². The number of aliphatic hydroxyl groups excluding tert-OH is 1. The molecule has 3 heteroatoms. The number of hydrogen-bond acceptors (Lipinski definition) is 2. The molecule has 0 rings (SSSR count). The molecule has 0 fully saturated rings. The molecule has 64 valence electrons. The van der Waals surface area contributed by atoms with E-state index >= 15 is 0 Å². The maximum atomic E-state index is 10.8. The summed E-state index contributed by atoms with van der Waals surface area (Å²) < 4.78 is 0. The van der Waals surface area contributed by atoms with E-state index in [-0.39, 0.29) is 5.91 Å². The van der Waals surface area contributed by atoms with Gasteiger partial charge in [0.2, 0.25) is 5.91 Å². The fourth-order valence-corrected chi connectivity index (χ4v) is 0.473. The standard InChI is InChI=1S/C8H15NO2/c1-5-7(11)9-8(3,4)6(2)10/h5-6,10H,1H2,2-4H3,(H,9,11). The van der Waals surface area contributed by atoms with E-state index in [1.54, 1.807) is 20.8 Å². The van der Waals surface area contributed by atoms with Gasteiger partial charge in [-0.3, -0.25) is 4.79 Å². The first-order chi connectivity index (χ1) is 4.90. The fourth-order valence-electron chi connectivity index (χ4n) is 0.473. The molecule has 0 radical (unpaired) electrons. The average molecular weight is 157 g/mol. The van der Waals surface area contributed by atoms with E-state index in [2.05, 4.69) is 11.9 Å². The van der Waals surface area contributed by atoms with Gasteiger partial charge in [0.05, 0.1) is 11.6 Å². The highest BCUT2D eigenvalue weighted by Gasteiger charge is 2.24. The lowest BCUT2D eigenvalue weighted by molar-refractivity contribution is -0.119. The second-order valence-electron chi connectivity index (χ2n) is 3.09. The number of hydrogen-bond donors (Lipinski definition) is 2. The molecule has 1 unspecified atom stereocenters. The van der Waals surface area contributed by atoms with Gasteiger partial charge in [-0.15, -0.1) is 0 Å². The van der Waals surface area contributed by atoms with E-state index in [0.29, 0.717) is 0 Å². The van der Waals surface area contributed by atoms with Crippen molar-refractivity contribution in [3.8, 4) is 0 Å². The zero-order chi connectivity index (χ0) is 9.07. The van der Waals surface area contributed by atoms with Gasteiger partial charge in [-0.2, -0.15) is 0 Å². The van der Waals surface area contributed by atoms with Crippen LogP contribution in [-0.4, -0.2) is 22.7 Å². The number of carbonyl (C=O) groups excluding carboxylic acids is 1. The van der Waals surface area contributed by atoms with Crippen molar-refractivity contribution in [1.29, 1.82) is 0 Å². The van der Waals surface area contributed by atoms with Gasteiger partial charge in [0.1, 0.15) is 0 Å². The van der Waals surface area contributed by atoms with E-state index in [1.165, 1.54) is 6.08 Å². The second-order valence-corrected chi connectivity index (χ2v) is 3.09. The molecule has 0 aliphatic heterocycles. The van der Waals surface area contributed by atoms with Crippen molar-refractivity contribution in [2.75, 3.05) is 0 Å². The zero-order valence-electron chi connectivity index (χ0n) is 7.22. The van der Waals surface area contributed by atoms with Gasteiger partial charge in [-0.05, 0) is 26.8 Å². The molecule has 0 heterocycles. The second kappa shape index (κ2) is 3.53. The third-order valence-corrected chi connectivity index (χ3v) is 1.68. The van der Waals surface area contributed by atoms with Crippen LogP contribution in [0, 0.1) is 0 Å². The van der Waals surface area contributed by atoms with Crippen molar-refractivity contribution in [2.45, 2.75) is 32.4 Å². The van der Waals surface area contributed by atoms with Crippen molar-refractivity contribution >= 4 is 5.91 Å². The first-order valence-electron chi connectivity index (χ1n) is 3.53. The largest absolute Gasteiger partial charge is 0.391 e. The molecule has 0 aliphatic carbocycles. The Balaban J connectivity index is 4.11. The molecule has 11 heavy (non-hydrogen) atoms. The number of aliphatic hydroxyl groups is 1. The smallest absolute Gasteiger partial charge is 0.243 e. The number of amides is 1. The van der Waals surface area contributed by atoms with Crippen molar-refractivity contribution in [3.63, 3.8) is 0 Å². The van der Waals surface area contributed by atoms with Crippen LogP contribution in [-0.2, 0) is 4.79 Å². The first kappa shape index (κ1) is 10.2. The Bertz CT molecular complexity index is 161. The van der Waals surface area contributed by atoms with Gasteiger partial charge >= 0.3 is 0 Å². The van der Waals surface area contributed by atoms with Crippen molar-refractivity contribution in [1.82, 2.24) is 5.32 Å². The highest BCUT2D eigenvalue weighted by atomic mass is 16.3. The topological polar surface area (TPSA) is 49.3 Å². The van der Waals surface area contributed by atoms with Crippen LogP contribution < -0.4 is 5.32 Å². The van der Waals surface area contributed by atoms with E-state index < -0.39 is 11.6 Å². The van der Waals surface area contributed by atoms with Crippen LogP contribution in [0.5, 0.6) is 0 Å². The monoisotopic (exact) mass is 157 g/mol. The van der Waals surface area contributed by atoms with E-state index in [9.17, 15) is 9.90 Å². The Morgan fingerprint density at radius 2 is 2.18 bits per heavy atom. The van der Waals surface area contributed by atoms with Gasteiger partial charge in [-0.25, -0.2) is 0 Å². The lowest BCUT2D eigenvalue weighted by Gasteiger charge is -2.28. The highest BCUT2D eigenvalue weighted by molar-refractivity contribution is 5.87. The van der Waals surface area contributed by atoms with Gasteiger partial charge in [0.25, 0.3) is 0 Å². The SMILES string of the molecule is C=CC(=O)NC(C)(C)C(C)O. The maximum Gasteiger partial charge on any atom is 0.243 e. The minimum Gasteiger partial charge on any atom is -0.391 e. The summed E-state index contributed by atoms with van der Waals surface area (Å²) in [6.45, 7) is 8.44. The summed E-state index contributed by atoms with van der Waals surface area (Å²) in [4.78, 5) is 10.8. The van der Waals surface area contributed by atoms with Crippen LogP contribution >= 0.6 is 0 Å². The van der Waals surface area contributed by atoms with Gasteiger partial charge in [0, 0.05) is 0 Å².